The minimum absolute atomic E-state index is 0. The minimum atomic E-state index is -4.46. The van der Waals surface area contributed by atoms with E-state index in [1.165, 1.54) is 45.9 Å². The first-order chi connectivity index (χ1) is 42.8. The molecular formula is C56H59BBr4F6N9NaO14PS. The molecule has 37 heteroatoms. The van der Waals surface area contributed by atoms with Crippen molar-refractivity contribution in [1.82, 2.24) is 20.4 Å². The number of hydrogen-bond donors (Lipinski definition) is 4. The van der Waals surface area contributed by atoms with E-state index in [2.05, 4.69) is 134 Å². The van der Waals surface area contributed by atoms with E-state index < -0.39 is 59.8 Å². The van der Waals surface area contributed by atoms with Crippen molar-refractivity contribution in [3.8, 4) is 17.6 Å². The molecule has 0 bridgehead atoms. The van der Waals surface area contributed by atoms with Crippen LogP contribution in [0.25, 0.3) is 0 Å². The van der Waals surface area contributed by atoms with Gasteiger partial charge in [0.2, 0.25) is 29.4 Å². The van der Waals surface area contributed by atoms with Gasteiger partial charge in [0.05, 0.1) is 51.2 Å². The Morgan fingerprint density at radius 2 is 1.09 bits per heavy atom. The number of halogens is 10. The first kappa shape index (κ1) is 88.4. The predicted octanol–water partition coefficient (Wildman–Crippen LogP) is 9.13. The van der Waals surface area contributed by atoms with Crippen molar-refractivity contribution in [2.45, 2.75) is 53.5 Å². The molecule has 3 aromatic carbocycles. The molecule has 1 atom stereocenters. The Morgan fingerprint density at radius 3 is 1.48 bits per heavy atom. The number of hydrogen-bond acceptors (Lipinski definition) is 22. The molecule has 3 aromatic heterocycles. The molecule has 0 fully saturated rings. The fraction of sp³-hybridized carbons (Fsp3) is 0.268. The molecule has 6 N–H and O–H groups in total. The molecular weight excluding hydrogens is 1550 g/mol. The third kappa shape index (κ3) is 34.3. The molecule has 6 aromatic rings. The summed E-state index contributed by atoms with van der Waals surface area (Å²) in [5.41, 5.74) is 16.0. The summed E-state index contributed by atoms with van der Waals surface area (Å²) in [6.07, 6.45) is -8.83. The summed E-state index contributed by atoms with van der Waals surface area (Å²) in [5.74, 6) is -0.847. The van der Waals surface area contributed by atoms with Crippen LogP contribution < -0.4 is 60.7 Å². The molecule has 1 aliphatic rings. The fourth-order valence-corrected chi connectivity index (χ4v) is 7.30. The number of ketones is 2. The van der Waals surface area contributed by atoms with Gasteiger partial charge in [-0.05, 0) is 135 Å². The number of ether oxygens (including phenoxy) is 3. The largest absolute Gasteiger partial charge is 1.00 e. The number of Topliss-reactive ketones (excluding diaryl/α,β-unsaturated/α-hetero) is 2. The molecule has 3 radical (unpaired) electrons. The summed E-state index contributed by atoms with van der Waals surface area (Å²) in [5, 5.41) is 15.2. The maximum absolute atomic E-state index is 12.7. The van der Waals surface area contributed by atoms with Crippen LogP contribution >= 0.6 is 71.1 Å². The van der Waals surface area contributed by atoms with E-state index in [9.17, 15) is 50.3 Å². The van der Waals surface area contributed by atoms with Crippen LogP contribution in [0.15, 0.2) is 138 Å². The van der Waals surface area contributed by atoms with Gasteiger partial charge in [0.1, 0.15) is 29.7 Å². The van der Waals surface area contributed by atoms with Crippen LogP contribution in [0.1, 0.15) is 94.3 Å². The standard InChI is InChI=1S/C16H13BrF3N3O3.C16H13BrF3N3O2.C9H9BrO.C7H8BrN3O2.C4H6O4.C2H3BO2.CH3PS.CH4.Na/c1-25-15-11(17)6-7-12(22-15)14(21)23-26-8-13(24)9-2-4-10(5-3-9)16(18,19)20;1-24-15-11(17)6-7-12(22-15)14-21-13(8-25-23-14)9-2-4-10(5-3-9)16(18,19)20;1-7-2-4-8(5-3-7)9(11)6-10;1-13-7-4(8)2-3-5(10-7)6(9)11-12;1-3(5)7-8-4(2)6;1-2(4)5-3;1-2-3;;/h2-7H,8H2,1H3,(H2,21,23);2-7,13H,8H2,1H3,(H,21,23);2-5H,6H2,1H3;2-3,12H,1H3,(H2,9,11);1-2H3;1H3;1H3;1H4;/q;;;;;-1;;;+1. The zero-order valence-electron chi connectivity index (χ0n) is 49.9. The van der Waals surface area contributed by atoms with Crippen molar-refractivity contribution in [2.75, 3.05) is 46.5 Å². The number of amidine groups is 3. The summed E-state index contributed by atoms with van der Waals surface area (Å²) < 4.78 is 96.2. The van der Waals surface area contributed by atoms with Crippen LogP contribution in [-0.4, -0.2) is 122 Å². The number of carbonyl (C=O) groups excluding carboxylic acids is 5. The van der Waals surface area contributed by atoms with Crippen molar-refractivity contribution in [2.24, 2.45) is 26.8 Å². The summed E-state index contributed by atoms with van der Waals surface area (Å²) in [4.78, 5) is 86.8. The maximum Gasteiger partial charge on any atom is 1.00 e. The number of hydroxylamine groups is 1. The zero-order chi connectivity index (χ0) is 69.0. The topological polar surface area (TPSA) is 319 Å². The van der Waals surface area contributed by atoms with Crippen molar-refractivity contribution in [3.05, 3.63) is 173 Å². The monoisotopic (exact) mass is 1610 g/mol. The van der Waals surface area contributed by atoms with Gasteiger partial charge in [0.15, 0.2) is 29.9 Å². The molecule has 7 rings (SSSR count). The Hall–Kier alpha value is -6.69. The van der Waals surface area contributed by atoms with Gasteiger partial charge in [-0.1, -0.05) is 99.6 Å². The second-order valence-electron chi connectivity index (χ2n) is 16.7. The molecule has 1 unspecified atom stereocenters. The zero-order valence-corrected chi connectivity index (χ0v) is 60.0. The number of nitrogens with zero attached hydrogens (tertiary/aromatic N) is 6. The first-order valence-corrected chi connectivity index (χ1v) is 30.7. The average molecular weight is 1610 g/mol. The molecule has 1 aliphatic heterocycles. The third-order valence-electron chi connectivity index (χ3n) is 10.0. The Bertz CT molecular complexity index is 3440. The molecule has 0 aliphatic carbocycles. The normalized spacial score (nSPS) is 12.1. The molecule has 0 amide bonds. The van der Waals surface area contributed by atoms with Gasteiger partial charge in [-0.25, -0.2) is 39.8 Å². The number of nitrogens with one attached hydrogen (secondary N) is 1. The molecule has 93 heavy (non-hydrogen) atoms. The van der Waals surface area contributed by atoms with E-state index in [1.807, 2.05) is 37.9 Å². The maximum atomic E-state index is 12.7. The Labute approximate surface area is 594 Å². The average Bonchev–Trinajstić information content (AvgIpc) is 0.975. The van der Waals surface area contributed by atoms with Crippen LogP contribution in [0.3, 0.4) is 0 Å². The van der Waals surface area contributed by atoms with Gasteiger partial charge in [-0.2, -0.15) is 26.3 Å². The van der Waals surface area contributed by atoms with Crippen LogP contribution in [0, 0.1) is 6.92 Å². The molecule has 23 nitrogen and oxygen atoms in total. The second-order valence-corrected chi connectivity index (χ2v) is 21.3. The quantitative estimate of drug-likeness (QED) is 0.00800. The van der Waals surface area contributed by atoms with E-state index in [0.29, 0.717) is 59.2 Å². The number of benzene rings is 3. The molecule has 0 spiro atoms. The summed E-state index contributed by atoms with van der Waals surface area (Å²) in [7, 11) is 9.74. The van der Waals surface area contributed by atoms with Gasteiger partial charge >= 0.3 is 53.8 Å². The van der Waals surface area contributed by atoms with Gasteiger partial charge < -0.3 is 48.4 Å². The van der Waals surface area contributed by atoms with E-state index in [4.69, 9.17) is 40.6 Å². The second kappa shape index (κ2) is 46.4. The number of alkyl halides is 7. The number of carbonyl (C=O) groups is 5. The summed E-state index contributed by atoms with van der Waals surface area (Å²) in [6, 6.07) is 25.8. The first-order valence-electron chi connectivity index (χ1n) is 24.8. The number of aryl methyl sites for hydroxylation is 1. The van der Waals surface area contributed by atoms with Crippen molar-refractivity contribution >= 4 is 138 Å². The minimum Gasteiger partial charge on any atom is -0.793 e. The van der Waals surface area contributed by atoms with E-state index in [0.717, 1.165) is 63.2 Å². The van der Waals surface area contributed by atoms with Crippen LogP contribution in [0.5, 0.6) is 17.6 Å². The van der Waals surface area contributed by atoms with Crippen molar-refractivity contribution in [3.63, 3.8) is 0 Å². The van der Waals surface area contributed by atoms with E-state index in [-0.39, 0.29) is 72.3 Å². The van der Waals surface area contributed by atoms with Crippen molar-refractivity contribution in [1.29, 1.82) is 0 Å². The SMILES string of the molecule is C.CC(=O)OOC(C)=O.COc1nc(/C(N)=N/O)ccc1Br.COc1nc(/C(N)=N/OCC(=O)c2ccc(C(F)(F)F)cc2)ccc1Br.COc1nc(C2=NC(c3ccc(C(F)(F)F)cc3)CON2)ccc1Br.CP=S.Cc1ccc(C(=O)CBr)cc1.[B-]OC(C)=O.[Na+]. The van der Waals surface area contributed by atoms with Crippen LogP contribution in [-0.2, 0) is 62.6 Å². The molecule has 4 heterocycles. The summed E-state index contributed by atoms with van der Waals surface area (Å²) >= 11 is 17.3. The number of pyridine rings is 3. The predicted molar refractivity (Wildman–Crippen MR) is 348 cm³/mol. The van der Waals surface area contributed by atoms with Gasteiger partial charge in [-0.15, -0.1) is 0 Å². The molecule has 0 saturated carbocycles. The van der Waals surface area contributed by atoms with E-state index in [1.54, 1.807) is 36.4 Å². The van der Waals surface area contributed by atoms with E-state index >= 15 is 0 Å². The van der Waals surface area contributed by atoms with Gasteiger partial charge in [-0.3, -0.25) is 24.2 Å². The number of methoxy groups -OCH3 is 3. The van der Waals surface area contributed by atoms with Crippen LogP contribution in [0.2, 0.25) is 0 Å². The molecule has 497 valence electrons. The molecule has 0 saturated heterocycles. The number of rotatable bonds is 13. The number of nitrogens with two attached hydrogens (primary N) is 2. The number of aromatic nitrogens is 3. The van der Waals surface area contributed by atoms with Crippen LogP contribution in [0.4, 0.5) is 26.3 Å². The van der Waals surface area contributed by atoms with Crippen molar-refractivity contribution < 1.29 is 123 Å². The van der Waals surface area contributed by atoms with Gasteiger partial charge in [0, 0.05) is 31.9 Å². The summed E-state index contributed by atoms with van der Waals surface area (Å²) in [6.45, 7) is 7.14. The smallest absolute Gasteiger partial charge is 0.793 e. The van der Waals surface area contributed by atoms with Gasteiger partial charge in [0.25, 0.3) is 0 Å². The Morgan fingerprint density at radius 1 is 0.688 bits per heavy atom. The third-order valence-corrected chi connectivity index (χ3v) is 12.4. The number of aliphatic imine (C=N–C) groups is 1. The number of oxime groups is 2. The Balaban J connectivity index is 0. The fourth-order valence-electron chi connectivity index (χ4n) is 5.83. The Kier molecular flexibility index (Phi) is 44.1.